The minimum atomic E-state index is 0.151. The summed E-state index contributed by atoms with van der Waals surface area (Å²) in [4.78, 5) is 4.55. The summed E-state index contributed by atoms with van der Waals surface area (Å²) in [5, 5.41) is 0. The van der Waals surface area contributed by atoms with Crippen molar-refractivity contribution in [1.82, 2.24) is 4.98 Å². The molecular formula is C17H19N. The fourth-order valence-electron chi connectivity index (χ4n) is 1.80. The van der Waals surface area contributed by atoms with Gasteiger partial charge in [-0.2, -0.15) is 0 Å². The molecule has 0 N–H and O–H groups in total. The lowest BCUT2D eigenvalue weighted by Gasteiger charge is -2.18. The van der Waals surface area contributed by atoms with Gasteiger partial charge in [-0.25, -0.2) is 0 Å². The van der Waals surface area contributed by atoms with Gasteiger partial charge < -0.3 is 0 Å². The normalized spacial score (nSPS) is 11.3. The summed E-state index contributed by atoms with van der Waals surface area (Å²) in [5.74, 6) is 0. The van der Waals surface area contributed by atoms with Crippen LogP contribution in [-0.4, -0.2) is 4.98 Å². The maximum Gasteiger partial charge on any atom is 0.0702 e. The lowest BCUT2D eigenvalue weighted by molar-refractivity contribution is 0.587. The molecule has 92 valence electrons. The maximum absolute atomic E-state index is 4.55. The van der Waals surface area contributed by atoms with Crippen molar-refractivity contribution in [3.63, 3.8) is 0 Å². The Labute approximate surface area is 109 Å². The van der Waals surface area contributed by atoms with Gasteiger partial charge in [-0.3, -0.25) is 4.98 Å². The second kappa shape index (κ2) is 4.77. The third-order valence-electron chi connectivity index (χ3n) is 3.07. The Morgan fingerprint density at radius 2 is 1.67 bits per heavy atom. The van der Waals surface area contributed by atoms with E-state index in [0.29, 0.717) is 0 Å². The molecule has 1 heteroatoms. The molecule has 0 aliphatic heterocycles. The van der Waals surface area contributed by atoms with E-state index in [1.807, 2.05) is 12.3 Å². The standard InChI is InChI=1S/C17H19N/c1-5-13-6-8-14(9-7-13)16-11-10-15(12-18-16)17(2,3)4/h5-12H,1H2,2-4H3. The molecule has 0 aliphatic carbocycles. The summed E-state index contributed by atoms with van der Waals surface area (Å²) >= 11 is 0. The summed E-state index contributed by atoms with van der Waals surface area (Å²) in [5.41, 5.74) is 4.69. The molecule has 0 bridgehead atoms. The number of nitrogens with zero attached hydrogens (tertiary/aromatic N) is 1. The smallest absolute Gasteiger partial charge is 0.0702 e. The summed E-state index contributed by atoms with van der Waals surface area (Å²) < 4.78 is 0. The third-order valence-corrected chi connectivity index (χ3v) is 3.07. The van der Waals surface area contributed by atoms with Gasteiger partial charge in [-0.1, -0.05) is 63.8 Å². The van der Waals surface area contributed by atoms with Gasteiger partial charge in [0, 0.05) is 11.8 Å². The van der Waals surface area contributed by atoms with E-state index in [1.165, 1.54) is 5.56 Å². The van der Waals surface area contributed by atoms with E-state index in [4.69, 9.17) is 0 Å². The van der Waals surface area contributed by atoms with Crippen LogP contribution in [0.5, 0.6) is 0 Å². The zero-order valence-corrected chi connectivity index (χ0v) is 11.3. The number of hydrogen-bond donors (Lipinski definition) is 0. The Hall–Kier alpha value is -1.89. The van der Waals surface area contributed by atoms with Gasteiger partial charge in [-0.05, 0) is 22.6 Å². The van der Waals surface area contributed by atoms with Gasteiger partial charge in [-0.15, -0.1) is 0 Å². The molecule has 1 nitrogen and oxygen atoms in total. The van der Waals surface area contributed by atoms with Crippen LogP contribution in [0.3, 0.4) is 0 Å². The first-order valence-corrected chi connectivity index (χ1v) is 6.20. The second-order valence-corrected chi connectivity index (χ2v) is 5.51. The van der Waals surface area contributed by atoms with Gasteiger partial charge in [0.1, 0.15) is 0 Å². The summed E-state index contributed by atoms with van der Waals surface area (Å²) in [6, 6.07) is 12.5. The second-order valence-electron chi connectivity index (χ2n) is 5.51. The maximum atomic E-state index is 4.55. The van der Waals surface area contributed by atoms with Crippen LogP contribution >= 0.6 is 0 Å². The molecule has 0 unspecified atom stereocenters. The molecule has 0 amide bonds. The number of aromatic nitrogens is 1. The first kappa shape index (κ1) is 12.6. The number of hydrogen-bond acceptors (Lipinski definition) is 1. The van der Waals surface area contributed by atoms with Crippen molar-refractivity contribution >= 4 is 6.08 Å². The van der Waals surface area contributed by atoms with Crippen molar-refractivity contribution in [2.75, 3.05) is 0 Å². The van der Waals surface area contributed by atoms with Crippen LogP contribution in [0.25, 0.3) is 17.3 Å². The zero-order valence-electron chi connectivity index (χ0n) is 11.3. The van der Waals surface area contributed by atoms with E-state index in [-0.39, 0.29) is 5.41 Å². The molecule has 1 aromatic carbocycles. The van der Waals surface area contributed by atoms with E-state index in [9.17, 15) is 0 Å². The molecule has 1 heterocycles. The fourth-order valence-corrected chi connectivity index (χ4v) is 1.80. The molecule has 0 fully saturated rings. The minimum Gasteiger partial charge on any atom is -0.256 e. The van der Waals surface area contributed by atoms with E-state index in [1.54, 1.807) is 0 Å². The first-order chi connectivity index (χ1) is 8.50. The third kappa shape index (κ3) is 2.67. The van der Waals surface area contributed by atoms with Gasteiger partial charge in [0.15, 0.2) is 0 Å². The van der Waals surface area contributed by atoms with Crippen LogP contribution in [0, 0.1) is 0 Å². The predicted octanol–water partition coefficient (Wildman–Crippen LogP) is 4.69. The highest BCUT2D eigenvalue weighted by Gasteiger charge is 2.13. The quantitative estimate of drug-likeness (QED) is 0.738. The monoisotopic (exact) mass is 237 g/mol. The Morgan fingerprint density at radius 1 is 1.00 bits per heavy atom. The average molecular weight is 237 g/mol. The summed E-state index contributed by atoms with van der Waals surface area (Å²) in [6.07, 6.45) is 3.82. The highest BCUT2D eigenvalue weighted by molar-refractivity contribution is 5.62. The highest BCUT2D eigenvalue weighted by Crippen LogP contribution is 2.24. The lowest BCUT2D eigenvalue weighted by atomic mass is 9.88. The minimum absolute atomic E-state index is 0.151. The van der Waals surface area contributed by atoms with Crippen LogP contribution in [0.2, 0.25) is 0 Å². The molecule has 0 aliphatic rings. The molecular weight excluding hydrogens is 218 g/mol. The molecule has 0 spiro atoms. The summed E-state index contributed by atoms with van der Waals surface area (Å²) in [6.45, 7) is 10.3. The lowest BCUT2D eigenvalue weighted by Crippen LogP contribution is -2.11. The molecule has 0 saturated heterocycles. The van der Waals surface area contributed by atoms with Gasteiger partial charge >= 0.3 is 0 Å². The number of rotatable bonds is 2. The van der Waals surface area contributed by atoms with Crippen molar-refractivity contribution < 1.29 is 0 Å². The van der Waals surface area contributed by atoms with E-state index in [0.717, 1.165) is 16.8 Å². The molecule has 2 aromatic rings. The first-order valence-electron chi connectivity index (χ1n) is 6.20. The largest absolute Gasteiger partial charge is 0.256 e. The van der Waals surface area contributed by atoms with Crippen LogP contribution in [0.15, 0.2) is 49.2 Å². The van der Waals surface area contributed by atoms with Crippen molar-refractivity contribution in [3.05, 3.63) is 60.3 Å². The highest BCUT2D eigenvalue weighted by atomic mass is 14.7. The van der Waals surface area contributed by atoms with Crippen molar-refractivity contribution in [1.29, 1.82) is 0 Å². The molecule has 0 atom stereocenters. The van der Waals surface area contributed by atoms with Gasteiger partial charge in [0.05, 0.1) is 5.69 Å². The number of benzene rings is 1. The molecule has 2 rings (SSSR count). The van der Waals surface area contributed by atoms with Crippen LogP contribution < -0.4 is 0 Å². The molecule has 18 heavy (non-hydrogen) atoms. The molecule has 0 saturated carbocycles. The zero-order chi connectivity index (χ0) is 13.2. The van der Waals surface area contributed by atoms with Crippen molar-refractivity contribution in [3.8, 4) is 11.3 Å². The average Bonchev–Trinajstić information content (AvgIpc) is 2.38. The van der Waals surface area contributed by atoms with Crippen LogP contribution in [0.4, 0.5) is 0 Å². The summed E-state index contributed by atoms with van der Waals surface area (Å²) in [7, 11) is 0. The topological polar surface area (TPSA) is 12.9 Å². The SMILES string of the molecule is C=Cc1ccc(-c2ccc(C(C)(C)C)cn2)cc1. The molecule has 0 radical (unpaired) electrons. The van der Waals surface area contributed by atoms with E-state index in [2.05, 4.69) is 68.7 Å². The Morgan fingerprint density at radius 3 is 2.11 bits per heavy atom. The molecule has 1 aromatic heterocycles. The van der Waals surface area contributed by atoms with Crippen LogP contribution in [0.1, 0.15) is 31.9 Å². The van der Waals surface area contributed by atoms with Crippen LogP contribution in [-0.2, 0) is 5.41 Å². The Kier molecular flexibility index (Phi) is 3.33. The van der Waals surface area contributed by atoms with Gasteiger partial charge in [0.25, 0.3) is 0 Å². The van der Waals surface area contributed by atoms with Gasteiger partial charge in [0.2, 0.25) is 0 Å². The Balaban J connectivity index is 2.31. The Bertz CT molecular complexity index is 527. The predicted molar refractivity (Wildman–Crippen MR) is 78.5 cm³/mol. The van der Waals surface area contributed by atoms with Crippen molar-refractivity contribution in [2.45, 2.75) is 26.2 Å². The van der Waals surface area contributed by atoms with Crippen molar-refractivity contribution in [2.24, 2.45) is 0 Å². The van der Waals surface area contributed by atoms with E-state index < -0.39 is 0 Å². The number of pyridine rings is 1. The fraction of sp³-hybridized carbons (Fsp3) is 0.235. The van der Waals surface area contributed by atoms with E-state index >= 15 is 0 Å².